The summed E-state index contributed by atoms with van der Waals surface area (Å²) in [5.41, 5.74) is 1.17. The normalized spacial score (nSPS) is 29.1. The van der Waals surface area contributed by atoms with Gasteiger partial charge in [-0.2, -0.15) is 0 Å². The molecule has 2 aromatic carbocycles. The molecule has 5 rings (SSSR count). The number of aryl methyl sites for hydroxylation is 1. The maximum atomic E-state index is 14.1. The van der Waals surface area contributed by atoms with Gasteiger partial charge in [-0.25, -0.2) is 8.78 Å². The number of benzene rings is 2. The first kappa shape index (κ1) is 24.5. The lowest BCUT2D eigenvalue weighted by Crippen LogP contribution is -2.45. The van der Waals surface area contributed by atoms with Gasteiger partial charge in [-0.1, -0.05) is 31.2 Å². The second-order valence-electron chi connectivity index (χ2n) is 11.1. The molecule has 2 saturated heterocycles. The predicted octanol–water partition coefficient (Wildman–Crippen LogP) is 7.00. The lowest BCUT2D eigenvalue weighted by molar-refractivity contribution is -0.144. The number of carbonyl (C=O) groups is 1. The number of hydrogen-bond donors (Lipinski definition) is 1. The summed E-state index contributed by atoms with van der Waals surface area (Å²) in [7, 11) is 0. The van der Waals surface area contributed by atoms with Crippen LogP contribution in [0.1, 0.15) is 82.3 Å². The summed E-state index contributed by atoms with van der Waals surface area (Å²) in [6.07, 6.45) is 7.09. The third kappa shape index (κ3) is 5.32. The van der Waals surface area contributed by atoms with E-state index in [0.29, 0.717) is 29.1 Å². The maximum Gasteiger partial charge on any atom is 0.306 e. The van der Waals surface area contributed by atoms with E-state index in [2.05, 4.69) is 11.8 Å². The van der Waals surface area contributed by atoms with Gasteiger partial charge in [0.1, 0.15) is 5.75 Å². The fourth-order valence-corrected chi connectivity index (χ4v) is 6.70. The Morgan fingerprint density at radius 2 is 1.77 bits per heavy atom. The molecule has 1 N–H and O–H groups in total. The quantitative estimate of drug-likeness (QED) is 0.438. The first-order valence-corrected chi connectivity index (χ1v) is 13.4. The summed E-state index contributed by atoms with van der Waals surface area (Å²) < 4.78 is 34.3. The van der Waals surface area contributed by atoms with Crippen LogP contribution in [0.2, 0.25) is 0 Å². The Labute approximate surface area is 206 Å². The van der Waals surface area contributed by atoms with Crippen LogP contribution in [0.15, 0.2) is 30.3 Å². The number of aliphatic carboxylic acids is 1. The molecule has 1 saturated carbocycles. The van der Waals surface area contributed by atoms with Crippen LogP contribution < -0.4 is 4.74 Å². The standard InChI is InChI=1S/C29H37F2NO3/c1-18-4-10-24(11-5-18)35-26-13-7-20-15-19(6-12-25(20)27(26)28(30)31)3-2-14-32-22-8-9-23(32)17-21(16-22)29(33)34/h6-7,12-13,15,18,21-24,28H,2-5,8-11,14,16-17H2,1H3,(H,33,34). The van der Waals surface area contributed by atoms with Gasteiger partial charge in [0.05, 0.1) is 17.6 Å². The van der Waals surface area contributed by atoms with Crippen LogP contribution in [-0.4, -0.2) is 40.7 Å². The van der Waals surface area contributed by atoms with Crippen molar-refractivity contribution in [3.63, 3.8) is 0 Å². The Morgan fingerprint density at radius 1 is 1.06 bits per heavy atom. The number of fused-ring (bicyclic) bond motifs is 3. The molecule has 2 bridgehead atoms. The number of piperidine rings is 1. The zero-order valence-corrected chi connectivity index (χ0v) is 20.6. The molecular weight excluding hydrogens is 448 g/mol. The molecular formula is C29H37F2NO3. The number of carboxylic acid groups (broad SMARTS) is 1. The Balaban J connectivity index is 1.24. The van der Waals surface area contributed by atoms with Crippen molar-refractivity contribution < 1.29 is 23.4 Å². The minimum Gasteiger partial charge on any atom is -0.490 e. The molecule has 1 aliphatic carbocycles. The monoisotopic (exact) mass is 485 g/mol. The highest BCUT2D eigenvalue weighted by Crippen LogP contribution is 2.40. The van der Waals surface area contributed by atoms with Crippen molar-refractivity contribution in [1.29, 1.82) is 0 Å². The van der Waals surface area contributed by atoms with Crippen LogP contribution >= 0.6 is 0 Å². The SMILES string of the molecule is CC1CCC(Oc2ccc3cc(CCCN4C5CCC4CC(C(=O)O)C5)ccc3c2C(F)F)CC1. The molecule has 2 heterocycles. The van der Waals surface area contributed by atoms with Crippen molar-refractivity contribution >= 4 is 16.7 Å². The van der Waals surface area contributed by atoms with Crippen LogP contribution in [0, 0.1) is 11.8 Å². The van der Waals surface area contributed by atoms with E-state index in [-0.39, 0.29) is 17.6 Å². The second kappa shape index (κ2) is 10.4. The van der Waals surface area contributed by atoms with E-state index in [1.807, 2.05) is 24.3 Å². The van der Waals surface area contributed by atoms with Crippen molar-refractivity contribution in [2.24, 2.45) is 11.8 Å². The fraction of sp³-hybridized carbons (Fsp3) is 0.621. The number of halogens is 2. The van der Waals surface area contributed by atoms with Gasteiger partial charge in [0.25, 0.3) is 6.43 Å². The predicted molar refractivity (Wildman–Crippen MR) is 133 cm³/mol. The van der Waals surface area contributed by atoms with Crippen LogP contribution in [-0.2, 0) is 11.2 Å². The topological polar surface area (TPSA) is 49.8 Å². The number of nitrogens with zero attached hydrogens (tertiary/aromatic N) is 1. The summed E-state index contributed by atoms with van der Waals surface area (Å²) in [5, 5.41) is 10.8. The van der Waals surface area contributed by atoms with Gasteiger partial charge < -0.3 is 9.84 Å². The molecule has 0 amide bonds. The summed E-state index contributed by atoms with van der Waals surface area (Å²) in [5.74, 6) is 0.179. The number of ether oxygens (including phenoxy) is 1. The van der Waals surface area contributed by atoms with Crippen LogP contribution in [0.5, 0.6) is 5.75 Å². The Morgan fingerprint density at radius 3 is 2.43 bits per heavy atom. The largest absolute Gasteiger partial charge is 0.490 e. The molecule has 0 aromatic heterocycles. The third-order valence-corrected chi connectivity index (χ3v) is 8.68. The number of alkyl halides is 2. The van der Waals surface area contributed by atoms with E-state index < -0.39 is 12.4 Å². The van der Waals surface area contributed by atoms with Gasteiger partial charge in [0.15, 0.2) is 0 Å². The smallest absolute Gasteiger partial charge is 0.306 e. The Hall–Kier alpha value is -2.21. The van der Waals surface area contributed by atoms with Crippen molar-refractivity contribution in [1.82, 2.24) is 4.90 Å². The number of carboxylic acids is 1. The molecule has 190 valence electrons. The molecule has 2 aliphatic heterocycles. The highest BCUT2D eigenvalue weighted by Gasteiger charge is 2.42. The van der Waals surface area contributed by atoms with E-state index in [1.165, 1.54) is 0 Å². The zero-order chi connectivity index (χ0) is 24.5. The lowest BCUT2D eigenvalue weighted by Gasteiger charge is -2.37. The maximum absolute atomic E-state index is 14.1. The molecule has 3 aliphatic rings. The minimum atomic E-state index is -2.58. The molecule has 0 radical (unpaired) electrons. The van der Waals surface area contributed by atoms with E-state index in [0.717, 1.165) is 81.7 Å². The highest BCUT2D eigenvalue weighted by atomic mass is 19.3. The zero-order valence-electron chi connectivity index (χ0n) is 20.6. The van der Waals surface area contributed by atoms with Gasteiger partial charge in [-0.15, -0.1) is 0 Å². The number of hydrogen-bond acceptors (Lipinski definition) is 3. The van der Waals surface area contributed by atoms with Gasteiger partial charge in [-0.3, -0.25) is 9.69 Å². The van der Waals surface area contributed by atoms with Gasteiger partial charge >= 0.3 is 5.97 Å². The molecule has 2 aromatic rings. The number of rotatable bonds is 8. The average Bonchev–Trinajstić information content (AvgIpc) is 3.06. The summed E-state index contributed by atoms with van der Waals surface area (Å²) >= 11 is 0. The molecule has 4 nitrogen and oxygen atoms in total. The van der Waals surface area contributed by atoms with Crippen LogP contribution in [0.25, 0.3) is 10.8 Å². The van der Waals surface area contributed by atoms with Gasteiger partial charge in [0.2, 0.25) is 0 Å². The third-order valence-electron chi connectivity index (χ3n) is 8.68. The van der Waals surface area contributed by atoms with E-state index in [9.17, 15) is 18.7 Å². The molecule has 6 heteroatoms. The van der Waals surface area contributed by atoms with Crippen LogP contribution in [0.4, 0.5) is 8.78 Å². The minimum absolute atomic E-state index is 0.0190. The lowest BCUT2D eigenvalue weighted by atomic mass is 9.89. The van der Waals surface area contributed by atoms with Crippen molar-refractivity contribution in [2.75, 3.05) is 6.54 Å². The molecule has 2 unspecified atom stereocenters. The van der Waals surface area contributed by atoms with Gasteiger partial charge in [0, 0.05) is 12.1 Å². The summed E-state index contributed by atoms with van der Waals surface area (Å²) in [6.45, 7) is 3.20. The summed E-state index contributed by atoms with van der Waals surface area (Å²) in [4.78, 5) is 13.9. The van der Waals surface area contributed by atoms with Gasteiger partial charge in [-0.05, 0) is 99.1 Å². The summed E-state index contributed by atoms with van der Waals surface area (Å²) in [6, 6.07) is 10.3. The highest BCUT2D eigenvalue weighted by molar-refractivity contribution is 5.88. The average molecular weight is 486 g/mol. The van der Waals surface area contributed by atoms with E-state index in [4.69, 9.17) is 4.74 Å². The van der Waals surface area contributed by atoms with Crippen molar-refractivity contribution in [3.05, 3.63) is 41.5 Å². The van der Waals surface area contributed by atoms with E-state index in [1.54, 1.807) is 6.07 Å². The van der Waals surface area contributed by atoms with Crippen molar-refractivity contribution in [3.8, 4) is 5.75 Å². The molecule has 2 atom stereocenters. The first-order chi connectivity index (χ1) is 16.9. The molecule has 0 spiro atoms. The Bertz CT molecular complexity index is 1040. The first-order valence-electron chi connectivity index (χ1n) is 13.4. The Kier molecular flexibility index (Phi) is 7.29. The molecule has 3 fully saturated rings. The fourth-order valence-electron chi connectivity index (χ4n) is 6.70. The molecule has 35 heavy (non-hydrogen) atoms. The van der Waals surface area contributed by atoms with Crippen molar-refractivity contribution in [2.45, 2.75) is 95.7 Å². The van der Waals surface area contributed by atoms with E-state index >= 15 is 0 Å². The van der Waals surface area contributed by atoms with Crippen LogP contribution in [0.3, 0.4) is 0 Å². The second-order valence-corrected chi connectivity index (χ2v) is 11.1.